The first-order valence-corrected chi connectivity index (χ1v) is 5.04. The number of halogens is 1. The Bertz CT molecular complexity index is 450. The van der Waals surface area contributed by atoms with Crippen LogP contribution in [0.25, 0.3) is 0 Å². The number of rotatable bonds is 4. The first kappa shape index (κ1) is 13.2. The molecule has 0 atom stereocenters. The molecule has 1 aromatic rings. The van der Waals surface area contributed by atoms with Crippen LogP contribution in [0.5, 0.6) is 0 Å². The molecule has 1 amide bonds. The molecule has 0 saturated carbocycles. The van der Waals surface area contributed by atoms with E-state index in [0.29, 0.717) is 0 Å². The van der Waals surface area contributed by atoms with Crippen molar-refractivity contribution in [3.8, 4) is 0 Å². The Kier molecular flexibility index (Phi) is 4.22. The maximum absolute atomic E-state index is 11.3. The predicted molar refractivity (Wildman–Crippen MR) is 63.1 cm³/mol. The molecule has 0 aromatic carbocycles. The minimum absolute atomic E-state index is 0.0160. The third-order valence-corrected chi connectivity index (χ3v) is 2.15. The fourth-order valence-corrected chi connectivity index (χ4v) is 1.17. The van der Waals surface area contributed by atoms with Crippen molar-refractivity contribution in [3.05, 3.63) is 27.4 Å². The highest BCUT2D eigenvalue weighted by Crippen LogP contribution is 2.23. The lowest BCUT2D eigenvalue weighted by molar-refractivity contribution is -0.384. The Balaban J connectivity index is 2.86. The Labute approximate surface area is 103 Å². The van der Waals surface area contributed by atoms with Gasteiger partial charge in [0.05, 0.1) is 11.5 Å². The van der Waals surface area contributed by atoms with Crippen LogP contribution in [0.1, 0.15) is 0 Å². The standard InChI is InChI=1S/C9H11ClN4O3/c1-13(2)8(15)5-11-9-6(14(16)17)3-4-7(10)12-9/h3-4H,5H2,1-2H3,(H,11,12). The van der Waals surface area contributed by atoms with Gasteiger partial charge in [-0.05, 0) is 6.07 Å². The van der Waals surface area contributed by atoms with Crippen LogP contribution in [-0.4, -0.2) is 41.4 Å². The van der Waals surface area contributed by atoms with E-state index in [4.69, 9.17) is 11.6 Å². The molecule has 0 fully saturated rings. The van der Waals surface area contributed by atoms with E-state index in [2.05, 4.69) is 10.3 Å². The minimum Gasteiger partial charge on any atom is -0.355 e. The van der Waals surface area contributed by atoms with Crippen molar-refractivity contribution in [2.45, 2.75) is 0 Å². The Hall–Kier alpha value is -1.89. The average Bonchev–Trinajstić information content (AvgIpc) is 2.25. The zero-order valence-corrected chi connectivity index (χ0v) is 10.1. The van der Waals surface area contributed by atoms with E-state index in [0.717, 1.165) is 0 Å². The molecule has 0 aliphatic carbocycles. The van der Waals surface area contributed by atoms with Crippen LogP contribution in [0.2, 0.25) is 5.15 Å². The molecule has 0 aliphatic rings. The summed E-state index contributed by atoms with van der Waals surface area (Å²) in [5, 5.41) is 13.4. The van der Waals surface area contributed by atoms with E-state index in [9.17, 15) is 14.9 Å². The van der Waals surface area contributed by atoms with Crippen molar-refractivity contribution in [1.29, 1.82) is 0 Å². The minimum atomic E-state index is -0.591. The third kappa shape index (κ3) is 3.56. The average molecular weight is 259 g/mol. The molecule has 0 unspecified atom stereocenters. The second-order valence-corrected chi connectivity index (χ2v) is 3.79. The number of carbonyl (C=O) groups excluding carboxylic acids is 1. The van der Waals surface area contributed by atoms with Crippen molar-refractivity contribution in [1.82, 2.24) is 9.88 Å². The van der Waals surface area contributed by atoms with Gasteiger partial charge in [-0.25, -0.2) is 4.98 Å². The highest BCUT2D eigenvalue weighted by Gasteiger charge is 2.16. The highest BCUT2D eigenvalue weighted by atomic mass is 35.5. The van der Waals surface area contributed by atoms with Crippen molar-refractivity contribution < 1.29 is 9.72 Å². The predicted octanol–water partition coefficient (Wildman–Crippen LogP) is 1.14. The summed E-state index contributed by atoms with van der Waals surface area (Å²) in [4.78, 5) is 26.6. The highest BCUT2D eigenvalue weighted by molar-refractivity contribution is 6.29. The topological polar surface area (TPSA) is 88.4 Å². The van der Waals surface area contributed by atoms with Crippen molar-refractivity contribution >= 4 is 29.0 Å². The molecule has 0 saturated heterocycles. The molecule has 0 spiro atoms. The van der Waals surface area contributed by atoms with Gasteiger partial charge in [0.25, 0.3) is 0 Å². The quantitative estimate of drug-likeness (QED) is 0.497. The number of nitrogens with zero attached hydrogens (tertiary/aromatic N) is 3. The molecule has 1 aromatic heterocycles. The van der Waals surface area contributed by atoms with Crippen molar-refractivity contribution in [3.63, 3.8) is 0 Å². The maximum atomic E-state index is 11.3. The lowest BCUT2D eigenvalue weighted by atomic mass is 10.4. The molecule has 92 valence electrons. The van der Waals surface area contributed by atoms with Crippen LogP contribution in [0.4, 0.5) is 11.5 Å². The largest absolute Gasteiger partial charge is 0.355 e. The number of amides is 1. The van der Waals surface area contributed by atoms with Crippen LogP contribution < -0.4 is 5.32 Å². The van der Waals surface area contributed by atoms with Gasteiger partial charge in [0.2, 0.25) is 11.7 Å². The number of pyridine rings is 1. The van der Waals surface area contributed by atoms with Gasteiger partial charge < -0.3 is 10.2 Å². The van der Waals surface area contributed by atoms with Crippen LogP contribution in [-0.2, 0) is 4.79 Å². The first-order chi connectivity index (χ1) is 7.91. The molecular formula is C9H11ClN4O3. The van der Waals surface area contributed by atoms with E-state index >= 15 is 0 Å². The number of hydrogen-bond donors (Lipinski definition) is 1. The summed E-state index contributed by atoms with van der Waals surface area (Å²) in [5.41, 5.74) is -0.221. The van der Waals surface area contributed by atoms with Gasteiger partial charge in [-0.2, -0.15) is 0 Å². The fourth-order valence-electron chi connectivity index (χ4n) is 1.02. The molecule has 1 rings (SSSR count). The monoisotopic (exact) mass is 258 g/mol. The van der Waals surface area contributed by atoms with Gasteiger partial charge >= 0.3 is 5.69 Å². The van der Waals surface area contributed by atoms with E-state index in [-0.39, 0.29) is 29.1 Å². The van der Waals surface area contributed by atoms with Gasteiger partial charge in [-0.15, -0.1) is 0 Å². The number of nitro groups is 1. The third-order valence-electron chi connectivity index (χ3n) is 1.94. The second kappa shape index (κ2) is 5.44. The lowest BCUT2D eigenvalue weighted by Gasteiger charge is -2.11. The van der Waals surface area contributed by atoms with E-state index in [1.165, 1.54) is 17.0 Å². The molecular weight excluding hydrogens is 248 g/mol. The number of hydrogen-bond acceptors (Lipinski definition) is 5. The summed E-state index contributed by atoms with van der Waals surface area (Å²) in [6.45, 7) is -0.0822. The summed E-state index contributed by atoms with van der Waals surface area (Å²) in [5.74, 6) is -0.237. The van der Waals surface area contributed by atoms with Gasteiger partial charge in [0.1, 0.15) is 5.15 Å². The Morgan fingerprint density at radius 3 is 2.76 bits per heavy atom. The molecule has 1 heterocycles. The molecule has 0 bridgehead atoms. The number of carbonyl (C=O) groups is 1. The second-order valence-electron chi connectivity index (χ2n) is 3.40. The smallest absolute Gasteiger partial charge is 0.311 e. The van der Waals surface area contributed by atoms with Gasteiger partial charge in [-0.3, -0.25) is 14.9 Å². The Morgan fingerprint density at radius 2 is 2.24 bits per heavy atom. The zero-order chi connectivity index (χ0) is 13.0. The summed E-state index contributed by atoms with van der Waals surface area (Å²) in [6, 6.07) is 2.55. The number of aromatic nitrogens is 1. The van der Waals surface area contributed by atoms with Crippen LogP contribution in [0, 0.1) is 10.1 Å². The molecule has 0 aliphatic heterocycles. The maximum Gasteiger partial charge on any atom is 0.311 e. The molecule has 0 radical (unpaired) electrons. The normalized spacial score (nSPS) is 9.82. The van der Waals surface area contributed by atoms with Gasteiger partial charge in [0.15, 0.2) is 0 Å². The van der Waals surface area contributed by atoms with Gasteiger partial charge in [0, 0.05) is 20.2 Å². The van der Waals surface area contributed by atoms with E-state index in [1.54, 1.807) is 14.1 Å². The first-order valence-electron chi connectivity index (χ1n) is 4.66. The van der Waals surface area contributed by atoms with Crippen LogP contribution >= 0.6 is 11.6 Å². The Morgan fingerprint density at radius 1 is 1.59 bits per heavy atom. The molecule has 17 heavy (non-hydrogen) atoms. The SMILES string of the molecule is CN(C)C(=O)CNc1nc(Cl)ccc1[N+](=O)[O-]. The molecule has 8 heteroatoms. The summed E-state index contributed by atoms with van der Waals surface area (Å²) < 4.78 is 0. The summed E-state index contributed by atoms with van der Waals surface area (Å²) >= 11 is 5.63. The zero-order valence-electron chi connectivity index (χ0n) is 9.31. The number of likely N-dealkylation sites (N-methyl/N-ethyl adjacent to an activating group) is 1. The number of anilines is 1. The van der Waals surface area contributed by atoms with Crippen molar-refractivity contribution in [2.24, 2.45) is 0 Å². The summed E-state index contributed by atoms with van der Waals surface area (Å²) in [6.07, 6.45) is 0. The fraction of sp³-hybridized carbons (Fsp3) is 0.333. The summed E-state index contributed by atoms with van der Waals surface area (Å²) in [7, 11) is 3.17. The van der Waals surface area contributed by atoms with Crippen molar-refractivity contribution in [2.75, 3.05) is 26.0 Å². The van der Waals surface area contributed by atoms with Crippen LogP contribution in [0.15, 0.2) is 12.1 Å². The van der Waals surface area contributed by atoms with E-state index < -0.39 is 4.92 Å². The molecule has 7 nitrogen and oxygen atoms in total. The molecule has 1 N–H and O–H groups in total. The van der Waals surface area contributed by atoms with Crippen LogP contribution in [0.3, 0.4) is 0 Å². The van der Waals surface area contributed by atoms with Gasteiger partial charge in [-0.1, -0.05) is 11.6 Å². The lowest BCUT2D eigenvalue weighted by Crippen LogP contribution is -2.29. The number of nitrogens with one attached hydrogen (secondary N) is 1. The van der Waals surface area contributed by atoms with E-state index in [1.807, 2.05) is 0 Å².